The van der Waals surface area contributed by atoms with Gasteiger partial charge in [0.2, 0.25) is 11.8 Å². The van der Waals surface area contributed by atoms with Gasteiger partial charge in [0.1, 0.15) is 0 Å². The third-order valence-electron chi connectivity index (χ3n) is 1.81. The van der Waals surface area contributed by atoms with Crippen LogP contribution in [0.3, 0.4) is 0 Å². The average molecular weight is 583 g/mol. The van der Waals surface area contributed by atoms with Gasteiger partial charge in [-0.05, 0) is 14.1 Å². The first-order valence-corrected chi connectivity index (χ1v) is 10.8. The molecule has 0 aromatic rings. The summed E-state index contributed by atoms with van der Waals surface area (Å²) in [5.74, 6) is -7.33. The van der Waals surface area contributed by atoms with Crippen molar-refractivity contribution >= 4 is 20.3 Å². The molecule has 0 rings (SSSR count). The Hall–Kier alpha value is -0.992. The molecule has 2 nitrogen and oxygen atoms in total. The van der Waals surface area contributed by atoms with E-state index in [1.54, 1.807) is 0 Å². The maximum absolute atomic E-state index is 12.2. The molecule has 0 atom stereocenters. The number of alkyl halides is 5. The maximum atomic E-state index is 12.2. The fraction of sp³-hybridized carbons (Fsp3) is 0.636. The second-order valence-electron chi connectivity index (χ2n) is 4.65. The van der Waals surface area contributed by atoms with Crippen LogP contribution in [0.15, 0.2) is 23.7 Å². The van der Waals surface area contributed by atoms with Gasteiger partial charge in [-0.15, -0.1) is 0 Å². The minimum absolute atomic E-state index is 0. The summed E-state index contributed by atoms with van der Waals surface area (Å²) >= 11 is -9.19. The molecule has 0 bridgehead atoms. The van der Waals surface area contributed by atoms with Crippen molar-refractivity contribution in [1.29, 1.82) is 0 Å². The summed E-state index contributed by atoms with van der Waals surface area (Å²) < 4.78 is 167. The van der Waals surface area contributed by atoms with Gasteiger partial charge >= 0.3 is 52.7 Å². The van der Waals surface area contributed by atoms with Crippen LogP contribution in [-0.4, -0.2) is 70.5 Å². The second kappa shape index (κ2) is 12.0. The van der Waals surface area contributed by atoms with E-state index in [1.807, 2.05) is 0 Å². The van der Waals surface area contributed by atoms with Gasteiger partial charge in [0.15, 0.2) is 0 Å². The molecule has 0 aromatic carbocycles. The van der Waals surface area contributed by atoms with Crippen LogP contribution in [0.2, 0.25) is 0 Å². The van der Waals surface area contributed by atoms with Gasteiger partial charge < -0.3 is 4.90 Å². The van der Waals surface area contributed by atoms with Crippen molar-refractivity contribution in [2.45, 2.75) is 19.6 Å². The summed E-state index contributed by atoms with van der Waals surface area (Å²) in [6.07, 6.45) is -8.24. The van der Waals surface area contributed by atoms with Gasteiger partial charge in [-0.25, -0.2) is 4.90 Å². The predicted octanol–water partition coefficient (Wildman–Crippen LogP) is 6.79. The summed E-state index contributed by atoms with van der Waals surface area (Å²) in [6.45, 7) is 0. The summed E-state index contributed by atoms with van der Waals surface area (Å²) in [6, 6.07) is -4.22. The van der Waals surface area contributed by atoms with Crippen LogP contribution < -0.4 is 0 Å². The van der Waals surface area contributed by atoms with Gasteiger partial charge in [-0.2, -0.15) is 43.9 Å². The average Bonchev–Trinajstić information content (AvgIpc) is 2.41. The number of hydrogen-bond acceptors (Lipinski definition) is 2. The monoisotopic (exact) mass is 582 g/mol. The molecular weight excluding hydrogens is 567 g/mol. The van der Waals surface area contributed by atoms with Crippen molar-refractivity contribution in [2.24, 2.45) is 0 Å². The molecule has 0 spiro atoms. The zero-order valence-corrected chi connectivity index (χ0v) is 16.6. The van der Waals surface area contributed by atoms with Crippen LogP contribution in [0.5, 0.6) is 0 Å². The van der Waals surface area contributed by atoms with E-state index in [1.165, 1.54) is 0 Å². The quantitative estimate of drug-likeness (QED) is 0.205. The van der Waals surface area contributed by atoms with Crippen molar-refractivity contribution in [3.05, 3.63) is 23.7 Å². The van der Waals surface area contributed by atoms with Crippen LogP contribution in [-0.2, 0) is 0 Å². The van der Waals surface area contributed by atoms with E-state index in [-0.39, 0.29) is 12.3 Å². The van der Waals surface area contributed by atoms with E-state index in [4.69, 9.17) is 0 Å². The van der Waals surface area contributed by atoms with Gasteiger partial charge in [0.05, 0.1) is 0 Å². The van der Waals surface area contributed by atoms with Gasteiger partial charge in [-0.1, -0.05) is 7.43 Å². The topological polar surface area (TPSA) is 6.48 Å². The summed E-state index contributed by atoms with van der Waals surface area (Å²) in [5, 5.41) is 0. The molecule has 0 amide bonds. The van der Waals surface area contributed by atoms with Crippen molar-refractivity contribution in [2.75, 3.05) is 28.2 Å². The molecule has 0 aliphatic carbocycles. The number of allylic oxidation sites excluding steroid dienone is 1. The van der Waals surface area contributed by atoms with Gasteiger partial charge in [0.25, 0.3) is 5.83 Å². The van der Waals surface area contributed by atoms with Crippen LogP contribution in [0.4, 0.5) is 58.0 Å². The van der Waals surface area contributed by atoms with Crippen LogP contribution in [0, 0.1) is 0 Å². The van der Waals surface area contributed by atoms with Gasteiger partial charge in [-0.3, -0.25) is 0 Å². The molecule has 0 saturated carbocycles. The fourth-order valence-corrected chi connectivity index (χ4v) is 0.623. The van der Waals surface area contributed by atoms with E-state index in [9.17, 15) is 58.0 Å². The Morgan fingerprint density at radius 1 is 0.655 bits per heavy atom. The number of hydrogen-bond donors (Lipinski definition) is 0. The first-order valence-electron chi connectivity index (χ1n) is 5.97. The normalized spacial score (nSPS) is 14.0. The Balaban J connectivity index is -0.000000166. The predicted molar refractivity (Wildman–Crippen MR) is 76.0 cm³/mol. The zero-order chi connectivity index (χ0) is 23.9. The molecule has 0 aromatic heterocycles. The van der Waals surface area contributed by atoms with E-state index >= 15 is 0 Å². The van der Waals surface area contributed by atoms with E-state index in [2.05, 4.69) is 0 Å². The molecule has 0 radical (unpaired) electrons. The molecule has 18 heteroatoms. The standard InChI is InChI=1S/2C5H6F5N.CH4.5FH.Sb/c1-11(2)4(7)3(6)5(8,9)10;1-11(2)5(9,10)3(6)4(7)8;;;;;;;/h2*1-2H3;1H4;5*1H;/q;;;;;;;;+5/p-5/b4-3-;;;;;;;;. The molecule has 29 heavy (non-hydrogen) atoms. The van der Waals surface area contributed by atoms with Crippen molar-refractivity contribution in [3.8, 4) is 0 Å². The van der Waals surface area contributed by atoms with Crippen LogP contribution >= 0.6 is 0 Å². The van der Waals surface area contributed by atoms with Gasteiger partial charge in [0, 0.05) is 14.1 Å². The second-order valence-corrected chi connectivity index (χ2v) is 8.29. The number of rotatable bonds is 3. The number of likely N-dealkylation sites (N-methyl/N-ethyl adjacent to an activating group) is 1. The Morgan fingerprint density at radius 3 is 1.00 bits per heavy atom. The molecule has 0 heterocycles. The summed E-state index contributed by atoms with van der Waals surface area (Å²) in [7, 11) is 3.53. The number of halogens is 15. The zero-order valence-electron chi connectivity index (χ0n) is 14.0. The molecule has 0 unspecified atom stereocenters. The molecule has 0 saturated heterocycles. The molecular formula is C11H16F15N2Sb. The summed E-state index contributed by atoms with van der Waals surface area (Å²) in [4.78, 5) is 0.463. The Morgan fingerprint density at radius 2 is 0.931 bits per heavy atom. The van der Waals surface area contributed by atoms with Crippen molar-refractivity contribution in [3.63, 3.8) is 0 Å². The Labute approximate surface area is 160 Å². The SMILES string of the molecule is C.CN(C)/C(F)=C(\F)C(F)(F)F.CN(C)C(F)(F)C(F)=C(F)F.[F][Sb]([F])([F])([F])[F]. The third-order valence-corrected chi connectivity index (χ3v) is 1.81. The molecule has 0 fully saturated rings. The molecule has 0 N–H and O–H groups in total. The molecule has 180 valence electrons. The molecule has 0 aliphatic rings. The van der Waals surface area contributed by atoms with E-state index < -0.39 is 56.2 Å². The number of nitrogens with zero attached hydrogens (tertiary/aromatic N) is 2. The Bertz CT molecular complexity index is 536. The van der Waals surface area contributed by atoms with E-state index in [0.717, 1.165) is 28.2 Å². The fourth-order valence-electron chi connectivity index (χ4n) is 0.623. The third kappa shape index (κ3) is 20.1. The molecule has 0 aliphatic heterocycles. The van der Waals surface area contributed by atoms with E-state index in [0.29, 0.717) is 4.90 Å². The minimum atomic E-state index is -9.19. The van der Waals surface area contributed by atoms with Crippen LogP contribution in [0.25, 0.3) is 0 Å². The Kier molecular flexibility index (Phi) is 14.7. The van der Waals surface area contributed by atoms with Crippen molar-refractivity contribution < 1.29 is 58.0 Å². The van der Waals surface area contributed by atoms with Crippen LogP contribution in [0.1, 0.15) is 7.43 Å². The van der Waals surface area contributed by atoms with Crippen molar-refractivity contribution in [1.82, 2.24) is 9.80 Å². The first kappa shape index (κ1) is 35.4. The first-order chi connectivity index (χ1) is 11.8. The summed E-state index contributed by atoms with van der Waals surface area (Å²) in [5.41, 5.74) is 0.